The number of piperidine rings is 1. The zero-order valence-electron chi connectivity index (χ0n) is 33.7. The fourth-order valence-corrected chi connectivity index (χ4v) is 7.69. The maximum Gasteiger partial charge on any atom is 0.267 e. The first-order valence-electron chi connectivity index (χ1n) is 20.2. The van der Waals surface area contributed by atoms with Crippen molar-refractivity contribution in [2.75, 3.05) is 37.7 Å². The van der Waals surface area contributed by atoms with Gasteiger partial charge in [-0.05, 0) is 73.2 Å². The van der Waals surface area contributed by atoms with Gasteiger partial charge in [0.1, 0.15) is 18.7 Å². The number of anilines is 1. The Labute approximate surface area is 332 Å². The third-order valence-corrected chi connectivity index (χ3v) is 11.1. The fourth-order valence-electron chi connectivity index (χ4n) is 7.69. The lowest BCUT2D eigenvalue weighted by Gasteiger charge is -2.39. The van der Waals surface area contributed by atoms with Crippen LogP contribution in [-0.4, -0.2) is 99.1 Å². The molecule has 3 fully saturated rings. The fraction of sp³-hybridized carbons (Fsp3) is 0.452. The van der Waals surface area contributed by atoms with Gasteiger partial charge in [0.2, 0.25) is 17.7 Å². The molecule has 5 heterocycles. The van der Waals surface area contributed by atoms with Crippen LogP contribution in [0.2, 0.25) is 0 Å². The van der Waals surface area contributed by atoms with Crippen molar-refractivity contribution >= 4 is 40.7 Å². The molecule has 1 saturated carbocycles. The zero-order chi connectivity index (χ0) is 40.7. The Kier molecular flexibility index (Phi) is 10.1. The molecule has 15 heteroatoms. The minimum absolute atomic E-state index is 0.0124. The van der Waals surface area contributed by atoms with E-state index in [1.165, 1.54) is 0 Å². The van der Waals surface area contributed by atoms with Crippen LogP contribution in [0, 0.1) is 18.3 Å². The summed E-state index contributed by atoms with van der Waals surface area (Å²) in [7, 11) is 0. The molecule has 4 aromatic rings. The van der Waals surface area contributed by atoms with Crippen molar-refractivity contribution in [1.29, 1.82) is 0 Å². The van der Waals surface area contributed by atoms with Gasteiger partial charge in [-0.1, -0.05) is 32.9 Å². The van der Waals surface area contributed by atoms with E-state index in [2.05, 4.69) is 55.7 Å². The van der Waals surface area contributed by atoms with E-state index in [1.54, 1.807) is 35.7 Å². The molecular weight excluding hydrogens is 727 g/mol. The van der Waals surface area contributed by atoms with Crippen molar-refractivity contribution < 1.29 is 30.1 Å². The number of aromatic nitrogens is 3. The summed E-state index contributed by atoms with van der Waals surface area (Å²) < 4.78 is 15.9. The summed E-state index contributed by atoms with van der Waals surface area (Å²) in [6.45, 7) is 10.4. The Morgan fingerprint density at radius 2 is 1.82 bits per heavy atom. The number of nitrogens with one attached hydrogen (secondary N) is 2. The van der Waals surface area contributed by atoms with Crippen LogP contribution in [0.25, 0.3) is 16.8 Å². The van der Waals surface area contributed by atoms with Crippen molar-refractivity contribution in [3.63, 3.8) is 0 Å². The molecule has 298 valence electrons. The molecule has 3 aliphatic heterocycles. The number of hydroxylamine groups is 2. The highest BCUT2D eigenvalue weighted by Crippen LogP contribution is 2.33. The Hall–Kier alpha value is -5.83. The minimum atomic E-state index is -0.803. The van der Waals surface area contributed by atoms with Gasteiger partial charge in [-0.25, -0.2) is 14.5 Å². The number of hydrogen-bond donors (Lipinski definition) is 2. The highest BCUT2D eigenvalue weighted by Gasteiger charge is 2.34. The van der Waals surface area contributed by atoms with Gasteiger partial charge < -0.3 is 24.7 Å². The van der Waals surface area contributed by atoms with Crippen molar-refractivity contribution in [3.8, 4) is 17.0 Å². The first-order chi connectivity index (χ1) is 27.8. The third kappa shape index (κ3) is 8.48. The number of ether oxygens (including phenoxy) is 1. The second-order valence-corrected chi connectivity index (χ2v) is 16.4. The molecule has 2 atom stereocenters. The number of aliphatic imine (C=N–C) groups is 1. The Balaban J connectivity index is 0.796. The number of rotatable bonds is 10. The highest BCUT2D eigenvalue weighted by molar-refractivity contribution is 6.00. The summed E-state index contributed by atoms with van der Waals surface area (Å²) in [6, 6.07) is 14.9. The summed E-state index contributed by atoms with van der Waals surface area (Å²) in [5.41, 5.74) is 6.03. The highest BCUT2D eigenvalue weighted by atomic mass is 16.7. The number of imide groups is 1. The number of aryl methyl sites for hydroxylation is 1. The van der Waals surface area contributed by atoms with Crippen LogP contribution < -0.4 is 20.3 Å². The van der Waals surface area contributed by atoms with Crippen LogP contribution in [0.3, 0.4) is 0 Å². The normalized spacial score (nSPS) is 23.0. The number of hydrogen-bond acceptors (Lipinski definition) is 11. The largest absolute Gasteiger partial charge is 0.481 e. The van der Waals surface area contributed by atoms with E-state index in [9.17, 15) is 19.2 Å². The molecule has 15 nitrogen and oxygen atoms in total. The molecule has 2 unspecified atom stereocenters. The maximum absolute atomic E-state index is 13.3. The van der Waals surface area contributed by atoms with Gasteiger partial charge in [0.05, 0.1) is 31.0 Å². The molecule has 0 bridgehead atoms. The summed E-state index contributed by atoms with van der Waals surface area (Å²) >= 11 is 0. The molecule has 0 spiro atoms. The van der Waals surface area contributed by atoms with E-state index in [1.807, 2.05) is 42.4 Å². The Morgan fingerprint density at radius 1 is 1.05 bits per heavy atom. The Morgan fingerprint density at radius 3 is 2.53 bits per heavy atom. The smallest absolute Gasteiger partial charge is 0.267 e. The molecule has 2 aromatic heterocycles. The number of carbonyl (C=O) groups excluding carboxylic acids is 4. The monoisotopic (exact) mass is 776 g/mol. The van der Waals surface area contributed by atoms with Crippen LogP contribution in [0.15, 0.2) is 66.0 Å². The number of amides is 4. The van der Waals surface area contributed by atoms with Gasteiger partial charge in [-0.3, -0.25) is 24.5 Å². The minimum Gasteiger partial charge on any atom is -0.481 e. The number of nitrogens with zero attached hydrogens (tertiary/aromatic N) is 7. The standard InChI is InChI=1S/C42H49N9O6/c1-26-17-29(5-6-30(26)22-50-25-44-41(57-50)42(2,3)4)38-34-21-32(23-51(34)45-24-43-38)48-13-15-49(16-14-48)37(53)20-27-18-31(19-27)46-39(54)28-7-9-33(10-8-28)56-35-11-12-36(52)47-40(35)55/h5-10,17,21,23-24,27,31,35H,11-16,18-20,22,25H2,1-4H3,(H,46,54)(H,47,52,55)/i25D. The lowest BCUT2D eigenvalue weighted by atomic mass is 9.77. The molecule has 4 amide bonds. The second kappa shape index (κ2) is 15.6. The molecule has 1 aliphatic carbocycles. The maximum atomic E-state index is 13.3. The van der Waals surface area contributed by atoms with E-state index < -0.39 is 18.7 Å². The average molecular weight is 777 g/mol. The predicted octanol–water partition coefficient (Wildman–Crippen LogP) is 4.29. The van der Waals surface area contributed by atoms with Gasteiger partial charge in [0.25, 0.3) is 11.8 Å². The second-order valence-electron chi connectivity index (χ2n) is 16.4. The first kappa shape index (κ1) is 36.8. The molecular formula is C42H49N9O6. The molecule has 2 aromatic carbocycles. The van der Waals surface area contributed by atoms with Crippen LogP contribution in [0.1, 0.15) is 75.7 Å². The number of carbonyl (C=O) groups is 4. The van der Waals surface area contributed by atoms with Crippen molar-refractivity contribution in [2.45, 2.75) is 78.5 Å². The van der Waals surface area contributed by atoms with E-state index in [0.717, 1.165) is 46.4 Å². The van der Waals surface area contributed by atoms with E-state index in [0.29, 0.717) is 62.8 Å². The summed E-state index contributed by atoms with van der Waals surface area (Å²) in [6.07, 6.45) is 5.36. The van der Waals surface area contributed by atoms with Gasteiger partial charge >= 0.3 is 0 Å². The molecule has 57 heavy (non-hydrogen) atoms. The number of fused-ring (bicyclic) bond motifs is 1. The van der Waals surface area contributed by atoms with Gasteiger partial charge in [0, 0.05) is 68.0 Å². The zero-order valence-corrected chi connectivity index (χ0v) is 32.7. The van der Waals surface area contributed by atoms with E-state index >= 15 is 0 Å². The van der Waals surface area contributed by atoms with Crippen LogP contribution in [0.5, 0.6) is 5.75 Å². The molecule has 2 N–H and O–H groups in total. The van der Waals surface area contributed by atoms with Crippen LogP contribution >= 0.6 is 0 Å². The molecule has 8 rings (SSSR count). The van der Waals surface area contributed by atoms with Gasteiger partial charge in [0.15, 0.2) is 6.10 Å². The van der Waals surface area contributed by atoms with Gasteiger partial charge in [-0.2, -0.15) is 5.10 Å². The van der Waals surface area contributed by atoms with Crippen molar-refractivity contribution in [2.24, 2.45) is 16.3 Å². The van der Waals surface area contributed by atoms with Crippen molar-refractivity contribution in [1.82, 2.24) is 35.2 Å². The Bertz CT molecular complexity index is 2260. The molecule has 4 aliphatic rings. The molecule has 2 saturated heterocycles. The lowest BCUT2D eigenvalue weighted by molar-refractivity contribution is -0.139. The van der Waals surface area contributed by atoms with Crippen LogP contribution in [-0.2, 0) is 25.8 Å². The van der Waals surface area contributed by atoms with E-state index in [-0.39, 0.29) is 41.5 Å². The van der Waals surface area contributed by atoms with Crippen LogP contribution in [0.4, 0.5) is 5.69 Å². The van der Waals surface area contributed by atoms with Gasteiger partial charge in [-0.15, -0.1) is 5.06 Å². The summed E-state index contributed by atoms with van der Waals surface area (Å²) in [4.78, 5) is 68.7. The quantitative estimate of drug-likeness (QED) is 0.222. The summed E-state index contributed by atoms with van der Waals surface area (Å²) in [5.74, 6) is 0.441. The number of piperazine rings is 1. The van der Waals surface area contributed by atoms with E-state index in [4.69, 9.17) is 10.9 Å². The first-order valence-corrected chi connectivity index (χ1v) is 19.6. The molecule has 0 radical (unpaired) electrons. The lowest BCUT2D eigenvalue weighted by Crippen LogP contribution is -2.50. The predicted molar refractivity (Wildman–Crippen MR) is 212 cm³/mol. The topological polar surface area (TPSA) is 163 Å². The van der Waals surface area contributed by atoms with Crippen molar-refractivity contribution in [3.05, 3.63) is 77.7 Å². The summed E-state index contributed by atoms with van der Waals surface area (Å²) in [5, 5.41) is 11.4. The average Bonchev–Trinajstić information content (AvgIpc) is 3.80. The third-order valence-electron chi connectivity index (χ3n) is 11.1. The number of benzene rings is 2. The SMILES string of the molecule is [2H]C1N=C(C(C)(C)C)ON1Cc1ccc(-c2ncnn3cc(N4CCN(C(=O)CC5CC(NC(=O)c6ccc(OC7CCC(=O)NC7=O)cc6)C5)CC4)cc23)cc1C.